The topological polar surface area (TPSA) is 108 Å². The number of aliphatic hydroxyl groups is 1. The highest BCUT2D eigenvalue weighted by molar-refractivity contribution is 5.84. The molecule has 0 aliphatic carbocycles. The largest absolute Gasteiger partial charge is 0.508 e. The number of imidazole rings is 1. The molecule has 3 aromatic rings. The molecule has 2 unspecified atom stereocenters. The summed E-state index contributed by atoms with van der Waals surface area (Å²) >= 11 is 0. The van der Waals surface area contributed by atoms with Crippen molar-refractivity contribution in [3.63, 3.8) is 0 Å². The summed E-state index contributed by atoms with van der Waals surface area (Å²) in [6, 6.07) is 3.73. The quantitative estimate of drug-likeness (QED) is 0.457. The second kappa shape index (κ2) is 8.60. The van der Waals surface area contributed by atoms with E-state index in [1.807, 2.05) is 25.3 Å². The van der Waals surface area contributed by atoms with E-state index in [-0.39, 0.29) is 24.4 Å². The average Bonchev–Trinajstić information content (AvgIpc) is 3.10. The number of phenolic OH excluding ortho intramolecular Hbond substituents is 1. The molecule has 0 spiro atoms. The number of anilines is 2. The van der Waals surface area contributed by atoms with Crippen LogP contribution in [0.25, 0.3) is 11.2 Å². The molecule has 1 aromatic carbocycles. The second-order valence-electron chi connectivity index (χ2n) is 7.34. The standard InChI is InChI=1S/C20H27FN6O2/c1-5-15(12(4)28)24-20-25-18(17-19(26-20)27(10-23-17)11(2)3)22-9-13-8-14(21)6-7-16(13)29/h6-8,10-12,15,28-29H,5,9H2,1-4H3,(H2,22,24,25,26). The summed E-state index contributed by atoms with van der Waals surface area (Å²) in [6.07, 6.45) is 1.82. The Labute approximate surface area is 168 Å². The summed E-state index contributed by atoms with van der Waals surface area (Å²) in [6.45, 7) is 7.89. The maximum absolute atomic E-state index is 13.5. The smallest absolute Gasteiger partial charge is 0.227 e. The first kappa shape index (κ1) is 20.8. The Bertz CT molecular complexity index is 989. The molecule has 8 nitrogen and oxygen atoms in total. The summed E-state index contributed by atoms with van der Waals surface area (Å²) in [5.74, 6) is 0.386. The van der Waals surface area contributed by atoms with Crippen LogP contribution in [0, 0.1) is 5.82 Å². The van der Waals surface area contributed by atoms with Crippen molar-refractivity contribution < 1.29 is 14.6 Å². The van der Waals surface area contributed by atoms with Crippen molar-refractivity contribution >= 4 is 22.9 Å². The number of halogens is 1. The highest BCUT2D eigenvalue weighted by atomic mass is 19.1. The van der Waals surface area contributed by atoms with Gasteiger partial charge in [-0.2, -0.15) is 9.97 Å². The number of rotatable bonds is 8. The number of nitrogens with one attached hydrogen (secondary N) is 2. The zero-order chi connectivity index (χ0) is 21.1. The second-order valence-corrected chi connectivity index (χ2v) is 7.34. The number of aromatic nitrogens is 4. The Morgan fingerprint density at radius 3 is 2.62 bits per heavy atom. The molecule has 9 heteroatoms. The van der Waals surface area contributed by atoms with E-state index < -0.39 is 11.9 Å². The fraction of sp³-hybridized carbons (Fsp3) is 0.450. The van der Waals surface area contributed by atoms with E-state index in [0.717, 1.165) is 0 Å². The number of hydrogen-bond donors (Lipinski definition) is 4. The summed E-state index contributed by atoms with van der Waals surface area (Å²) in [5.41, 5.74) is 1.62. The fourth-order valence-electron chi connectivity index (χ4n) is 3.09. The van der Waals surface area contributed by atoms with E-state index >= 15 is 0 Å². The van der Waals surface area contributed by atoms with Crippen LogP contribution in [-0.4, -0.2) is 41.9 Å². The number of fused-ring (bicyclic) bond motifs is 1. The number of benzene rings is 1. The zero-order valence-electron chi connectivity index (χ0n) is 17.0. The number of aliphatic hydroxyl groups excluding tert-OH is 1. The molecule has 29 heavy (non-hydrogen) atoms. The third kappa shape index (κ3) is 4.56. The molecule has 0 bridgehead atoms. The molecule has 2 aromatic heterocycles. The Morgan fingerprint density at radius 1 is 1.21 bits per heavy atom. The third-order valence-corrected chi connectivity index (χ3v) is 4.80. The SMILES string of the molecule is CCC(Nc1nc(NCc2cc(F)ccc2O)c2ncn(C(C)C)c2n1)C(C)O. The molecule has 0 saturated heterocycles. The monoisotopic (exact) mass is 402 g/mol. The molecule has 0 aliphatic rings. The van der Waals surface area contributed by atoms with Crippen LogP contribution in [0.1, 0.15) is 45.7 Å². The van der Waals surface area contributed by atoms with Crippen molar-refractivity contribution in [2.75, 3.05) is 10.6 Å². The van der Waals surface area contributed by atoms with Gasteiger partial charge in [-0.1, -0.05) is 6.92 Å². The van der Waals surface area contributed by atoms with Crippen LogP contribution >= 0.6 is 0 Å². The molecule has 3 rings (SSSR count). The maximum atomic E-state index is 13.5. The first-order valence-electron chi connectivity index (χ1n) is 9.70. The number of aromatic hydroxyl groups is 1. The number of nitrogens with zero attached hydrogens (tertiary/aromatic N) is 4. The molecule has 4 N–H and O–H groups in total. The molecule has 0 amide bonds. The Balaban J connectivity index is 1.98. The molecule has 0 radical (unpaired) electrons. The first-order chi connectivity index (χ1) is 13.8. The van der Waals surface area contributed by atoms with Gasteiger partial charge in [0.05, 0.1) is 18.5 Å². The van der Waals surface area contributed by atoms with Gasteiger partial charge in [0.15, 0.2) is 17.0 Å². The van der Waals surface area contributed by atoms with E-state index in [9.17, 15) is 14.6 Å². The van der Waals surface area contributed by atoms with Gasteiger partial charge in [-0.3, -0.25) is 0 Å². The van der Waals surface area contributed by atoms with E-state index in [4.69, 9.17) is 0 Å². The van der Waals surface area contributed by atoms with Crippen LogP contribution in [-0.2, 0) is 6.54 Å². The number of hydrogen-bond acceptors (Lipinski definition) is 7. The van der Waals surface area contributed by atoms with Gasteiger partial charge < -0.3 is 25.4 Å². The van der Waals surface area contributed by atoms with Crippen LogP contribution in [0.2, 0.25) is 0 Å². The molecule has 156 valence electrons. The van der Waals surface area contributed by atoms with Gasteiger partial charge in [-0.15, -0.1) is 0 Å². The summed E-state index contributed by atoms with van der Waals surface area (Å²) in [7, 11) is 0. The van der Waals surface area contributed by atoms with Crippen LogP contribution in [0.4, 0.5) is 16.2 Å². The molecule has 0 saturated carbocycles. The van der Waals surface area contributed by atoms with Gasteiger partial charge in [0.1, 0.15) is 11.6 Å². The highest BCUT2D eigenvalue weighted by Crippen LogP contribution is 2.26. The van der Waals surface area contributed by atoms with Gasteiger partial charge in [-0.05, 0) is 45.4 Å². The Hall–Kier alpha value is -2.94. The fourth-order valence-corrected chi connectivity index (χ4v) is 3.09. The summed E-state index contributed by atoms with van der Waals surface area (Å²) in [4.78, 5) is 13.5. The molecular formula is C20H27FN6O2. The maximum Gasteiger partial charge on any atom is 0.227 e. The van der Waals surface area contributed by atoms with Crippen molar-refractivity contribution in [1.82, 2.24) is 19.5 Å². The van der Waals surface area contributed by atoms with Crippen LogP contribution < -0.4 is 10.6 Å². The average molecular weight is 402 g/mol. The lowest BCUT2D eigenvalue weighted by Crippen LogP contribution is -2.31. The van der Waals surface area contributed by atoms with E-state index in [2.05, 4.69) is 25.6 Å². The minimum absolute atomic E-state index is 0.00425. The van der Waals surface area contributed by atoms with Crippen LogP contribution in [0.5, 0.6) is 5.75 Å². The summed E-state index contributed by atoms with van der Waals surface area (Å²) < 4.78 is 15.5. The van der Waals surface area contributed by atoms with Gasteiger partial charge in [0, 0.05) is 18.2 Å². The predicted molar refractivity (Wildman–Crippen MR) is 110 cm³/mol. The van der Waals surface area contributed by atoms with E-state index in [1.54, 1.807) is 13.3 Å². The molecule has 2 atom stereocenters. The van der Waals surface area contributed by atoms with Crippen LogP contribution in [0.3, 0.4) is 0 Å². The summed E-state index contributed by atoms with van der Waals surface area (Å²) in [5, 5.41) is 26.2. The third-order valence-electron chi connectivity index (χ3n) is 4.80. The predicted octanol–water partition coefficient (Wildman–Crippen LogP) is 3.44. The molecule has 2 heterocycles. The van der Waals surface area contributed by atoms with E-state index in [0.29, 0.717) is 34.9 Å². The highest BCUT2D eigenvalue weighted by Gasteiger charge is 2.19. The van der Waals surface area contributed by atoms with Gasteiger partial charge in [0.25, 0.3) is 0 Å². The van der Waals surface area contributed by atoms with Crippen molar-refractivity contribution in [3.05, 3.63) is 35.9 Å². The van der Waals surface area contributed by atoms with Gasteiger partial charge in [-0.25, -0.2) is 9.37 Å². The van der Waals surface area contributed by atoms with Crippen molar-refractivity contribution in [3.8, 4) is 5.75 Å². The lowest BCUT2D eigenvalue weighted by molar-refractivity contribution is 0.169. The van der Waals surface area contributed by atoms with Crippen molar-refractivity contribution in [1.29, 1.82) is 0 Å². The lowest BCUT2D eigenvalue weighted by Gasteiger charge is -2.20. The van der Waals surface area contributed by atoms with E-state index in [1.165, 1.54) is 18.2 Å². The minimum Gasteiger partial charge on any atom is -0.508 e. The van der Waals surface area contributed by atoms with Crippen molar-refractivity contribution in [2.24, 2.45) is 0 Å². The lowest BCUT2D eigenvalue weighted by atomic mass is 10.1. The normalized spacial score (nSPS) is 13.6. The number of phenols is 1. The van der Waals surface area contributed by atoms with Crippen LogP contribution in [0.15, 0.2) is 24.5 Å². The minimum atomic E-state index is -0.574. The molecular weight excluding hydrogens is 375 g/mol. The first-order valence-corrected chi connectivity index (χ1v) is 9.70. The van der Waals surface area contributed by atoms with Gasteiger partial charge in [0.2, 0.25) is 5.95 Å². The molecule has 0 fully saturated rings. The van der Waals surface area contributed by atoms with Gasteiger partial charge >= 0.3 is 0 Å². The molecule has 0 aliphatic heterocycles. The zero-order valence-corrected chi connectivity index (χ0v) is 17.0. The van der Waals surface area contributed by atoms with Crippen molar-refractivity contribution in [2.45, 2.75) is 58.8 Å². The Kier molecular flexibility index (Phi) is 6.17. The Morgan fingerprint density at radius 2 is 1.97 bits per heavy atom.